The molecule has 0 aliphatic heterocycles. The van der Waals surface area contributed by atoms with Crippen LogP contribution in [0.5, 0.6) is 11.5 Å². The summed E-state index contributed by atoms with van der Waals surface area (Å²) in [6.07, 6.45) is 2.74. The highest BCUT2D eigenvalue weighted by Crippen LogP contribution is 2.45. The molecule has 0 fully saturated rings. The summed E-state index contributed by atoms with van der Waals surface area (Å²) in [5, 5.41) is 14.7. The fourth-order valence-electron chi connectivity index (χ4n) is 4.28. The van der Waals surface area contributed by atoms with Crippen LogP contribution in [0.15, 0.2) is 66.7 Å². The van der Waals surface area contributed by atoms with E-state index in [4.69, 9.17) is 9.47 Å². The van der Waals surface area contributed by atoms with E-state index in [0.29, 0.717) is 36.3 Å². The number of phenols is 1. The van der Waals surface area contributed by atoms with Gasteiger partial charge in [0.05, 0.1) is 12.0 Å². The molecular formula is C32H34O5. The molecule has 1 N–H and O–H groups in total. The van der Waals surface area contributed by atoms with Crippen LogP contribution in [0.4, 0.5) is 0 Å². The van der Waals surface area contributed by atoms with E-state index in [1.807, 2.05) is 75.4 Å². The third-order valence-corrected chi connectivity index (χ3v) is 6.40. The molecule has 0 aliphatic carbocycles. The summed E-state index contributed by atoms with van der Waals surface area (Å²) in [5.74, 6) is -0.0395. The molecule has 4 aromatic rings. The van der Waals surface area contributed by atoms with Gasteiger partial charge in [0.15, 0.2) is 0 Å². The number of unbranched alkanes of at least 4 members (excludes halogenated alkanes) is 1. The number of aromatic hydroxyl groups is 1. The molecule has 4 aromatic carbocycles. The van der Waals surface area contributed by atoms with Gasteiger partial charge in [0.2, 0.25) is 0 Å². The highest BCUT2D eigenvalue weighted by molar-refractivity contribution is 6.10. The summed E-state index contributed by atoms with van der Waals surface area (Å²) in [4.78, 5) is 24.9. The first kappa shape index (κ1) is 26.2. The lowest BCUT2D eigenvalue weighted by atomic mass is 9.91. The van der Waals surface area contributed by atoms with Crippen molar-refractivity contribution in [1.82, 2.24) is 0 Å². The number of carbonyl (C=O) groups is 2. The number of ether oxygens (including phenoxy) is 2. The average Bonchev–Trinajstić information content (AvgIpc) is 2.87. The number of benzene rings is 4. The highest BCUT2D eigenvalue weighted by Gasteiger charge is 2.26. The van der Waals surface area contributed by atoms with Gasteiger partial charge >= 0.3 is 11.9 Å². The van der Waals surface area contributed by atoms with Crippen LogP contribution in [-0.4, -0.2) is 23.7 Å². The Morgan fingerprint density at radius 3 is 2.35 bits per heavy atom. The molecule has 0 spiro atoms. The second-order valence-corrected chi connectivity index (χ2v) is 10.4. The predicted molar refractivity (Wildman–Crippen MR) is 148 cm³/mol. The van der Waals surface area contributed by atoms with E-state index < -0.39 is 5.41 Å². The van der Waals surface area contributed by atoms with E-state index >= 15 is 0 Å². The number of hydrogen-bond acceptors (Lipinski definition) is 5. The molecule has 5 heteroatoms. The maximum absolute atomic E-state index is 12.8. The molecular weight excluding hydrogens is 464 g/mol. The lowest BCUT2D eigenvalue weighted by Gasteiger charge is -2.20. The lowest BCUT2D eigenvalue weighted by Crippen LogP contribution is -2.25. The molecule has 0 aliphatic rings. The Morgan fingerprint density at radius 2 is 1.59 bits per heavy atom. The minimum Gasteiger partial charge on any atom is -0.507 e. The van der Waals surface area contributed by atoms with Gasteiger partial charge in [0, 0.05) is 17.5 Å². The van der Waals surface area contributed by atoms with Gasteiger partial charge < -0.3 is 14.6 Å². The number of phenolic OH excluding ortho intramolecular Hbond substituents is 1. The third-order valence-electron chi connectivity index (χ3n) is 6.40. The topological polar surface area (TPSA) is 72.8 Å². The van der Waals surface area contributed by atoms with Crippen LogP contribution >= 0.6 is 0 Å². The summed E-state index contributed by atoms with van der Waals surface area (Å²) in [6.45, 7) is 7.96. The molecule has 4 rings (SSSR count). The first-order valence-electron chi connectivity index (χ1n) is 12.8. The van der Waals surface area contributed by atoms with Gasteiger partial charge in [-0.1, -0.05) is 67.9 Å². The van der Waals surface area contributed by atoms with Crippen LogP contribution in [0, 0.1) is 5.41 Å². The molecule has 0 radical (unpaired) electrons. The zero-order valence-corrected chi connectivity index (χ0v) is 22.0. The quantitative estimate of drug-likeness (QED) is 0.154. The zero-order chi connectivity index (χ0) is 26.6. The van der Waals surface area contributed by atoms with Crippen molar-refractivity contribution in [3.63, 3.8) is 0 Å². The fourth-order valence-corrected chi connectivity index (χ4v) is 4.28. The standard InChI is InChI=1S/C32H34O5/c1-5-6-19-36-28(34)18-12-21-11-15-25-23(20-21)13-16-26(33)29(25)30-24-10-8-7-9-22(24)14-17-27(30)37-31(35)32(2,3)4/h7-11,13-17,20,33H,5-6,12,18-19H2,1-4H3. The molecule has 37 heavy (non-hydrogen) atoms. The number of rotatable bonds is 8. The Balaban J connectivity index is 1.77. The molecule has 5 nitrogen and oxygen atoms in total. The van der Waals surface area contributed by atoms with Gasteiger partial charge in [-0.2, -0.15) is 0 Å². The van der Waals surface area contributed by atoms with Gasteiger partial charge in [0.25, 0.3) is 0 Å². The van der Waals surface area contributed by atoms with Crippen molar-refractivity contribution in [2.75, 3.05) is 6.61 Å². The Morgan fingerprint density at radius 1 is 0.865 bits per heavy atom. The molecule has 0 saturated carbocycles. The van der Waals surface area contributed by atoms with Gasteiger partial charge in [-0.3, -0.25) is 9.59 Å². The van der Waals surface area contributed by atoms with Gasteiger partial charge in [-0.05, 0) is 72.9 Å². The predicted octanol–water partition coefficient (Wildman–Crippen LogP) is 7.59. The van der Waals surface area contributed by atoms with Crippen LogP contribution in [-0.2, 0) is 20.7 Å². The fraction of sp³-hybridized carbons (Fsp3) is 0.312. The molecule has 192 valence electrons. The average molecular weight is 499 g/mol. The Bertz CT molecular complexity index is 1450. The van der Waals surface area contributed by atoms with Gasteiger partial charge in [0.1, 0.15) is 11.5 Å². The molecule has 0 amide bonds. The van der Waals surface area contributed by atoms with E-state index in [-0.39, 0.29) is 17.7 Å². The second-order valence-electron chi connectivity index (χ2n) is 10.4. The molecule has 0 unspecified atom stereocenters. The van der Waals surface area contributed by atoms with Crippen LogP contribution in [0.3, 0.4) is 0 Å². The van der Waals surface area contributed by atoms with Crippen molar-refractivity contribution in [2.45, 2.75) is 53.4 Å². The minimum absolute atomic E-state index is 0.101. The molecule has 0 bridgehead atoms. The zero-order valence-electron chi connectivity index (χ0n) is 22.0. The summed E-state index contributed by atoms with van der Waals surface area (Å²) >= 11 is 0. The monoisotopic (exact) mass is 498 g/mol. The third kappa shape index (κ3) is 5.93. The first-order valence-corrected chi connectivity index (χ1v) is 12.8. The highest BCUT2D eigenvalue weighted by atomic mass is 16.5. The molecule has 0 atom stereocenters. The number of esters is 2. The van der Waals surface area contributed by atoms with Crippen molar-refractivity contribution in [1.29, 1.82) is 0 Å². The van der Waals surface area contributed by atoms with Crippen LogP contribution in [0.2, 0.25) is 0 Å². The summed E-state index contributed by atoms with van der Waals surface area (Å²) in [6, 6.07) is 21.0. The van der Waals surface area contributed by atoms with Crippen LogP contribution < -0.4 is 4.74 Å². The SMILES string of the molecule is CCCCOC(=O)CCc1ccc2c(-c3c(OC(=O)C(C)(C)C)ccc4ccccc34)c(O)ccc2c1. The normalized spacial score (nSPS) is 11.6. The molecule has 0 heterocycles. The number of aryl methyl sites for hydroxylation is 1. The summed E-state index contributed by atoms with van der Waals surface area (Å²) in [7, 11) is 0. The van der Waals surface area contributed by atoms with Crippen LogP contribution in [0.25, 0.3) is 32.7 Å². The van der Waals surface area contributed by atoms with Crippen molar-refractivity contribution in [3.05, 3.63) is 72.3 Å². The van der Waals surface area contributed by atoms with Crippen molar-refractivity contribution in [2.24, 2.45) is 5.41 Å². The maximum Gasteiger partial charge on any atom is 0.316 e. The first-order chi connectivity index (χ1) is 17.7. The van der Waals surface area contributed by atoms with Gasteiger partial charge in [-0.25, -0.2) is 0 Å². The number of carbonyl (C=O) groups excluding carboxylic acids is 2. The molecule has 0 aromatic heterocycles. The molecule has 0 saturated heterocycles. The van der Waals surface area contributed by atoms with E-state index in [9.17, 15) is 14.7 Å². The Labute approximate surface area is 218 Å². The minimum atomic E-state index is -0.684. The summed E-state index contributed by atoms with van der Waals surface area (Å²) < 4.78 is 11.2. The maximum atomic E-state index is 12.8. The number of hydrogen-bond donors (Lipinski definition) is 1. The van der Waals surface area contributed by atoms with E-state index in [2.05, 4.69) is 6.92 Å². The lowest BCUT2D eigenvalue weighted by molar-refractivity contribution is -0.144. The van der Waals surface area contributed by atoms with Crippen molar-refractivity contribution >= 4 is 33.5 Å². The van der Waals surface area contributed by atoms with E-state index in [1.165, 1.54) is 0 Å². The van der Waals surface area contributed by atoms with E-state index in [1.54, 1.807) is 12.1 Å². The number of fused-ring (bicyclic) bond motifs is 2. The van der Waals surface area contributed by atoms with Crippen molar-refractivity contribution < 1.29 is 24.2 Å². The van der Waals surface area contributed by atoms with Gasteiger partial charge in [-0.15, -0.1) is 0 Å². The Hall–Kier alpha value is -3.86. The second kappa shape index (κ2) is 11.0. The largest absolute Gasteiger partial charge is 0.507 e. The van der Waals surface area contributed by atoms with Crippen LogP contribution in [0.1, 0.15) is 52.5 Å². The van der Waals surface area contributed by atoms with Crippen molar-refractivity contribution in [3.8, 4) is 22.6 Å². The van der Waals surface area contributed by atoms with E-state index in [0.717, 1.165) is 39.9 Å². The summed E-state index contributed by atoms with van der Waals surface area (Å²) in [5.41, 5.74) is 1.60. The smallest absolute Gasteiger partial charge is 0.316 e. The Kier molecular flexibility index (Phi) is 7.82.